The fraction of sp³-hybridized carbons (Fsp3) is 0.421. The first-order valence-corrected chi connectivity index (χ1v) is 8.23. The van der Waals surface area contributed by atoms with Crippen LogP contribution in [0.3, 0.4) is 0 Å². The molecule has 0 spiro atoms. The van der Waals surface area contributed by atoms with Gasteiger partial charge in [-0.1, -0.05) is 18.2 Å². The summed E-state index contributed by atoms with van der Waals surface area (Å²) in [6.45, 7) is 9.73. The van der Waals surface area contributed by atoms with Gasteiger partial charge in [0.25, 0.3) is 5.91 Å². The molecule has 1 aromatic carbocycles. The number of hydrogen-bond donors (Lipinski definition) is 0. The van der Waals surface area contributed by atoms with Gasteiger partial charge in [-0.3, -0.25) is 4.79 Å². The smallest absolute Gasteiger partial charge is 0.255 e. The quantitative estimate of drug-likeness (QED) is 0.852. The van der Waals surface area contributed by atoms with Gasteiger partial charge < -0.3 is 14.4 Å². The maximum absolute atomic E-state index is 12.7. The number of amides is 1. The van der Waals surface area contributed by atoms with E-state index in [9.17, 15) is 4.79 Å². The van der Waals surface area contributed by atoms with Crippen molar-refractivity contribution in [1.29, 1.82) is 0 Å². The molecule has 3 rings (SSSR count). The van der Waals surface area contributed by atoms with Crippen molar-refractivity contribution >= 4 is 11.6 Å². The number of carbonyl (C=O) groups is 1. The molecule has 1 amide bonds. The lowest BCUT2D eigenvalue weighted by Gasteiger charge is -2.36. The fourth-order valence-electron chi connectivity index (χ4n) is 2.93. The van der Waals surface area contributed by atoms with Crippen LogP contribution >= 0.6 is 0 Å². The molecule has 0 bridgehead atoms. The molecular formula is C19H25N3O. The standard InChI is InChI=1S/C19H25N3O/c1-19(2,3)22-10-9-16(15-22)18(23)21-13-11-20(12-14-21)17-7-5-4-6-8-17/h4-10,15H,11-14H2,1-3H3. The van der Waals surface area contributed by atoms with Crippen molar-refractivity contribution in [3.05, 3.63) is 54.4 Å². The summed E-state index contributed by atoms with van der Waals surface area (Å²) >= 11 is 0. The zero-order valence-electron chi connectivity index (χ0n) is 14.2. The summed E-state index contributed by atoms with van der Waals surface area (Å²) in [6.07, 6.45) is 3.96. The van der Waals surface area contributed by atoms with Crippen LogP contribution in [0, 0.1) is 0 Å². The molecule has 1 aliphatic rings. The predicted octanol–water partition coefficient (Wildman–Crippen LogP) is 3.21. The van der Waals surface area contributed by atoms with Crippen LogP contribution in [-0.4, -0.2) is 41.6 Å². The molecule has 0 radical (unpaired) electrons. The zero-order valence-corrected chi connectivity index (χ0v) is 14.2. The van der Waals surface area contributed by atoms with E-state index < -0.39 is 0 Å². The van der Waals surface area contributed by atoms with Gasteiger partial charge in [0.15, 0.2) is 0 Å². The molecule has 4 heteroatoms. The molecular weight excluding hydrogens is 286 g/mol. The van der Waals surface area contributed by atoms with Gasteiger partial charge >= 0.3 is 0 Å². The Kier molecular flexibility index (Phi) is 4.16. The van der Waals surface area contributed by atoms with Crippen LogP contribution in [-0.2, 0) is 5.54 Å². The first-order chi connectivity index (χ1) is 10.9. The van der Waals surface area contributed by atoms with Crippen molar-refractivity contribution in [2.75, 3.05) is 31.1 Å². The van der Waals surface area contributed by atoms with Gasteiger partial charge in [-0.15, -0.1) is 0 Å². The van der Waals surface area contributed by atoms with Crippen LogP contribution in [0.4, 0.5) is 5.69 Å². The minimum Gasteiger partial charge on any atom is -0.368 e. The molecule has 1 aromatic heterocycles. The van der Waals surface area contributed by atoms with E-state index in [1.165, 1.54) is 5.69 Å². The second-order valence-corrected chi connectivity index (χ2v) is 7.09. The van der Waals surface area contributed by atoms with Crippen LogP contribution < -0.4 is 4.90 Å². The summed E-state index contributed by atoms with van der Waals surface area (Å²) in [5.41, 5.74) is 2.02. The molecule has 0 N–H and O–H groups in total. The van der Waals surface area contributed by atoms with E-state index in [-0.39, 0.29) is 11.4 Å². The van der Waals surface area contributed by atoms with Crippen LogP contribution in [0.5, 0.6) is 0 Å². The predicted molar refractivity (Wildman–Crippen MR) is 94.0 cm³/mol. The lowest BCUT2D eigenvalue weighted by molar-refractivity contribution is 0.0746. The number of rotatable bonds is 2. The highest BCUT2D eigenvalue weighted by molar-refractivity contribution is 5.94. The number of hydrogen-bond acceptors (Lipinski definition) is 2. The Morgan fingerprint density at radius 2 is 1.61 bits per heavy atom. The number of anilines is 1. The molecule has 2 heterocycles. The highest BCUT2D eigenvalue weighted by Crippen LogP contribution is 2.19. The third-order valence-electron chi connectivity index (χ3n) is 4.40. The molecule has 1 fully saturated rings. The Balaban J connectivity index is 1.63. The molecule has 23 heavy (non-hydrogen) atoms. The van der Waals surface area contributed by atoms with Crippen molar-refractivity contribution < 1.29 is 4.79 Å². The summed E-state index contributed by atoms with van der Waals surface area (Å²) < 4.78 is 2.10. The summed E-state index contributed by atoms with van der Waals surface area (Å²) in [6, 6.07) is 12.3. The molecule has 2 aromatic rings. The van der Waals surface area contributed by atoms with Crippen molar-refractivity contribution in [3.63, 3.8) is 0 Å². The summed E-state index contributed by atoms with van der Waals surface area (Å²) in [5, 5.41) is 0. The molecule has 4 nitrogen and oxygen atoms in total. The van der Waals surface area contributed by atoms with Gasteiger partial charge in [-0.05, 0) is 39.0 Å². The average Bonchev–Trinajstić information content (AvgIpc) is 3.05. The molecule has 0 saturated carbocycles. The normalized spacial score (nSPS) is 15.8. The van der Waals surface area contributed by atoms with E-state index in [0.29, 0.717) is 0 Å². The SMILES string of the molecule is CC(C)(C)n1ccc(C(=O)N2CCN(c3ccccc3)CC2)c1. The highest BCUT2D eigenvalue weighted by atomic mass is 16.2. The van der Waals surface area contributed by atoms with Crippen molar-refractivity contribution in [3.8, 4) is 0 Å². The summed E-state index contributed by atoms with van der Waals surface area (Å²) in [4.78, 5) is 17.0. The van der Waals surface area contributed by atoms with Gasteiger partial charge in [0.1, 0.15) is 0 Å². The van der Waals surface area contributed by atoms with E-state index in [2.05, 4.69) is 54.5 Å². The first kappa shape index (κ1) is 15.7. The Bertz CT molecular complexity index is 661. The third kappa shape index (κ3) is 3.41. The molecule has 0 aliphatic carbocycles. The number of para-hydroxylation sites is 1. The van der Waals surface area contributed by atoms with E-state index in [1.807, 2.05) is 29.4 Å². The van der Waals surface area contributed by atoms with Gasteiger partial charge in [0.05, 0.1) is 5.56 Å². The van der Waals surface area contributed by atoms with Crippen molar-refractivity contribution in [2.24, 2.45) is 0 Å². The lowest BCUT2D eigenvalue weighted by atomic mass is 10.1. The van der Waals surface area contributed by atoms with Crippen molar-refractivity contribution in [2.45, 2.75) is 26.3 Å². The number of benzene rings is 1. The summed E-state index contributed by atoms with van der Waals surface area (Å²) in [7, 11) is 0. The molecule has 122 valence electrons. The number of nitrogens with zero attached hydrogens (tertiary/aromatic N) is 3. The van der Waals surface area contributed by atoms with Crippen LogP contribution in [0.1, 0.15) is 31.1 Å². The Morgan fingerprint density at radius 1 is 0.957 bits per heavy atom. The van der Waals surface area contributed by atoms with Crippen LogP contribution in [0.25, 0.3) is 0 Å². The van der Waals surface area contributed by atoms with E-state index >= 15 is 0 Å². The van der Waals surface area contributed by atoms with E-state index in [1.54, 1.807) is 0 Å². The molecule has 0 atom stereocenters. The molecule has 1 aliphatic heterocycles. The van der Waals surface area contributed by atoms with Crippen LogP contribution in [0.15, 0.2) is 48.8 Å². The summed E-state index contributed by atoms with van der Waals surface area (Å²) in [5.74, 6) is 0.140. The van der Waals surface area contributed by atoms with Crippen LogP contribution in [0.2, 0.25) is 0 Å². The van der Waals surface area contributed by atoms with E-state index in [0.717, 1.165) is 31.7 Å². The monoisotopic (exact) mass is 311 g/mol. The van der Waals surface area contributed by atoms with Gasteiger partial charge in [-0.25, -0.2) is 0 Å². The van der Waals surface area contributed by atoms with E-state index in [4.69, 9.17) is 0 Å². The Hall–Kier alpha value is -2.23. The maximum atomic E-state index is 12.7. The fourth-order valence-corrected chi connectivity index (χ4v) is 2.93. The van der Waals surface area contributed by atoms with Gasteiger partial charge in [0.2, 0.25) is 0 Å². The van der Waals surface area contributed by atoms with Crippen molar-refractivity contribution in [1.82, 2.24) is 9.47 Å². The Labute approximate surface area is 138 Å². The topological polar surface area (TPSA) is 28.5 Å². The number of aromatic nitrogens is 1. The molecule has 0 unspecified atom stereocenters. The second-order valence-electron chi connectivity index (χ2n) is 7.09. The lowest BCUT2D eigenvalue weighted by Crippen LogP contribution is -2.48. The first-order valence-electron chi connectivity index (χ1n) is 8.23. The van der Waals surface area contributed by atoms with Gasteiger partial charge in [0, 0.05) is 49.8 Å². The largest absolute Gasteiger partial charge is 0.368 e. The minimum absolute atomic E-state index is 0.00450. The second kappa shape index (κ2) is 6.11. The third-order valence-corrected chi connectivity index (χ3v) is 4.40. The maximum Gasteiger partial charge on any atom is 0.255 e. The average molecular weight is 311 g/mol. The number of carbonyl (C=O) groups excluding carboxylic acids is 1. The number of piperazine rings is 1. The van der Waals surface area contributed by atoms with Gasteiger partial charge in [-0.2, -0.15) is 0 Å². The highest BCUT2D eigenvalue weighted by Gasteiger charge is 2.23. The zero-order chi connectivity index (χ0) is 16.4. The molecule has 1 saturated heterocycles. The minimum atomic E-state index is 0.00450. The Morgan fingerprint density at radius 3 is 2.17 bits per heavy atom.